The molecule has 2 aromatic carbocycles. The Bertz CT molecular complexity index is 1150. The zero-order chi connectivity index (χ0) is 21.3. The zero-order valence-electron chi connectivity index (χ0n) is 15.8. The molecule has 0 radical (unpaired) electrons. The molecule has 7 nitrogen and oxygen atoms in total. The fourth-order valence-corrected chi connectivity index (χ4v) is 4.93. The van der Waals surface area contributed by atoms with E-state index in [0.717, 1.165) is 5.56 Å². The third kappa shape index (κ3) is 4.22. The van der Waals surface area contributed by atoms with Gasteiger partial charge in [0.2, 0.25) is 10.0 Å². The molecule has 1 N–H and O–H groups in total. The maximum Gasteiger partial charge on any atom is 0.271 e. The fraction of sp³-hybridized carbons (Fsp3) is 0.200. The number of hydrogen-bond acceptors (Lipinski definition) is 4. The second kappa shape index (κ2) is 8.39. The van der Waals surface area contributed by atoms with Gasteiger partial charge in [0.1, 0.15) is 5.69 Å². The molecule has 1 aliphatic heterocycles. The molecule has 0 spiro atoms. The first-order valence-corrected chi connectivity index (χ1v) is 11.4. The summed E-state index contributed by atoms with van der Waals surface area (Å²) in [5.41, 5.74) is 1.83. The summed E-state index contributed by atoms with van der Waals surface area (Å²) in [6.45, 7) is 1.02. The van der Waals surface area contributed by atoms with E-state index in [2.05, 4.69) is 10.2 Å². The molecule has 1 fully saturated rings. The highest BCUT2D eigenvalue weighted by molar-refractivity contribution is 7.89. The smallest absolute Gasteiger partial charge is 0.271 e. The summed E-state index contributed by atoms with van der Waals surface area (Å²) in [6.07, 6.45) is 0. The lowest BCUT2D eigenvalue weighted by molar-refractivity contribution is 0.0692. The van der Waals surface area contributed by atoms with Gasteiger partial charge in [0, 0.05) is 41.8 Å². The van der Waals surface area contributed by atoms with Crippen LogP contribution in [0.4, 0.5) is 0 Å². The summed E-state index contributed by atoms with van der Waals surface area (Å²) in [5, 5.41) is 8.07. The molecular formula is C20H18Cl2N4O3S. The number of carbonyl (C=O) groups excluding carboxylic acids is 1. The third-order valence-corrected chi connectivity index (χ3v) is 7.34. The lowest BCUT2D eigenvalue weighted by atomic mass is 10.1. The number of amides is 1. The van der Waals surface area contributed by atoms with E-state index in [0.29, 0.717) is 34.5 Å². The Morgan fingerprint density at radius 3 is 2.07 bits per heavy atom. The Morgan fingerprint density at radius 1 is 0.900 bits per heavy atom. The van der Waals surface area contributed by atoms with Crippen LogP contribution in [0.5, 0.6) is 0 Å². The van der Waals surface area contributed by atoms with E-state index in [1.165, 1.54) is 16.4 Å². The number of halogens is 2. The number of sulfonamides is 1. The Morgan fingerprint density at radius 2 is 1.47 bits per heavy atom. The molecule has 0 aliphatic carbocycles. The van der Waals surface area contributed by atoms with Crippen LogP contribution in [0.2, 0.25) is 10.0 Å². The van der Waals surface area contributed by atoms with E-state index in [1.807, 2.05) is 12.1 Å². The molecule has 1 aliphatic rings. The summed E-state index contributed by atoms with van der Waals surface area (Å²) in [5.74, 6) is -0.216. The van der Waals surface area contributed by atoms with Crippen LogP contribution < -0.4 is 0 Å². The minimum atomic E-state index is -3.62. The lowest BCUT2D eigenvalue weighted by Gasteiger charge is -2.33. The zero-order valence-corrected chi connectivity index (χ0v) is 18.1. The van der Waals surface area contributed by atoms with Crippen molar-refractivity contribution in [3.8, 4) is 11.3 Å². The highest BCUT2D eigenvalue weighted by Crippen LogP contribution is 2.22. The molecule has 2 heterocycles. The monoisotopic (exact) mass is 464 g/mol. The van der Waals surface area contributed by atoms with Gasteiger partial charge in [0.25, 0.3) is 5.91 Å². The predicted octanol–water partition coefficient (Wildman–Crippen LogP) is 3.53. The normalized spacial score (nSPS) is 15.3. The van der Waals surface area contributed by atoms with Crippen molar-refractivity contribution in [3.05, 3.63) is 70.3 Å². The highest BCUT2D eigenvalue weighted by atomic mass is 35.5. The summed E-state index contributed by atoms with van der Waals surface area (Å²) < 4.78 is 26.9. The van der Waals surface area contributed by atoms with Crippen LogP contribution in [0.25, 0.3) is 11.3 Å². The lowest BCUT2D eigenvalue weighted by Crippen LogP contribution is -2.50. The van der Waals surface area contributed by atoms with E-state index in [-0.39, 0.29) is 23.9 Å². The highest BCUT2D eigenvalue weighted by Gasteiger charge is 2.31. The number of hydrogen-bond donors (Lipinski definition) is 1. The number of aromatic amines is 1. The average Bonchev–Trinajstić information content (AvgIpc) is 3.24. The summed E-state index contributed by atoms with van der Waals surface area (Å²) in [4.78, 5) is 14.6. The van der Waals surface area contributed by atoms with Gasteiger partial charge in [0.15, 0.2) is 0 Å². The fourth-order valence-electron chi connectivity index (χ4n) is 3.26. The largest absolute Gasteiger partial charge is 0.335 e. The summed E-state index contributed by atoms with van der Waals surface area (Å²) >= 11 is 11.7. The van der Waals surface area contributed by atoms with Crippen molar-refractivity contribution in [3.63, 3.8) is 0 Å². The van der Waals surface area contributed by atoms with E-state index in [1.54, 1.807) is 35.2 Å². The van der Waals surface area contributed by atoms with Crippen LogP contribution in [0.3, 0.4) is 0 Å². The summed E-state index contributed by atoms with van der Waals surface area (Å²) in [6, 6.07) is 14.9. The topological polar surface area (TPSA) is 86.4 Å². The van der Waals surface area contributed by atoms with Gasteiger partial charge in [-0.15, -0.1) is 0 Å². The van der Waals surface area contributed by atoms with E-state index in [4.69, 9.17) is 23.2 Å². The van der Waals surface area contributed by atoms with E-state index in [9.17, 15) is 13.2 Å². The number of piperazine rings is 1. The van der Waals surface area contributed by atoms with Gasteiger partial charge in [-0.2, -0.15) is 9.40 Å². The summed E-state index contributed by atoms with van der Waals surface area (Å²) in [7, 11) is -3.62. The maximum absolute atomic E-state index is 12.8. The first kappa shape index (κ1) is 20.9. The Hall–Kier alpha value is -2.39. The molecule has 3 aromatic rings. The maximum atomic E-state index is 12.8. The van der Waals surface area contributed by atoms with Gasteiger partial charge in [0.05, 0.1) is 10.6 Å². The quantitative estimate of drug-likeness (QED) is 0.639. The second-order valence-electron chi connectivity index (χ2n) is 6.82. The molecular weight excluding hydrogens is 447 g/mol. The minimum absolute atomic E-state index is 0.188. The number of H-pyrrole nitrogens is 1. The molecule has 4 rings (SSSR count). The first-order valence-electron chi connectivity index (χ1n) is 9.21. The van der Waals surface area contributed by atoms with E-state index < -0.39 is 10.0 Å². The molecule has 1 aromatic heterocycles. The van der Waals surface area contributed by atoms with Gasteiger partial charge in [-0.05, 0) is 42.5 Å². The van der Waals surface area contributed by atoms with Crippen molar-refractivity contribution in [1.82, 2.24) is 19.4 Å². The van der Waals surface area contributed by atoms with Gasteiger partial charge in [-0.3, -0.25) is 9.89 Å². The van der Waals surface area contributed by atoms with Gasteiger partial charge < -0.3 is 4.90 Å². The number of rotatable bonds is 4. The molecule has 0 saturated carbocycles. The van der Waals surface area contributed by atoms with Crippen molar-refractivity contribution >= 4 is 39.1 Å². The van der Waals surface area contributed by atoms with Crippen molar-refractivity contribution in [2.24, 2.45) is 0 Å². The number of nitrogens with one attached hydrogen (secondary N) is 1. The molecule has 0 unspecified atom stereocenters. The molecule has 1 amide bonds. The molecule has 156 valence electrons. The standard InChI is InChI=1S/C20H18Cl2N4O3S/c21-15-3-1-14(2-4-15)18-13-19(24-23-18)20(27)25-9-11-26(12-10-25)30(28,29)17-7-5-16(22)6-8-17/h1-8,13H,9-12H2,(H,23,24). The second-order valence-corrected chi connectivity index (χ2v) is 9.63. The predicted molar refractivity (Wildman–Crippen MR) is 115 cm³/mol. The third-order valence-electron chi connectivity index (χ3n) is 4.93. The Kier molecular flexibility index (Phi) is 5.84. The molecule has 10 heteroatoms. The minimum Gasteiger partial charge on any atom is -0.335 e. The van der Waals surface area contributed by atoms with Crippen LogP contribution in [-0.4, -0.2) is 59.9 Å². The Labute approximate surface area is 184 Å². The van der Waals surface area contributed by atoms with Crippen LogP contribution >= 0.6 is 23.2 Å². The number of benzene rings is 2. The molecule has 0 bridgehead atoms. The van der Waals surface area contributed by atoms with Crippen LogP contribution in [0.1, 0.15) is 10.5 Å². The number of aromatic nitrogens is 2. The van der Waals surface area contributed by atoms with Crippen molar-refractivity contribution in [2.75, 3.05) is 26.2 Å². The molecule has 30 heavy (non-hydrogen) atoms. The van der Waals surface area contributed by atoms with Crippen LogP contribution in [0, 0.1) is 0 Å². The average molecular weight is 465 g/mol. The first-order chi connectivity index (χ1) is 14.3. The van der Waals surface area contributed by atoms with Crippen molar-refractivity contribution in [2.45, 2.75) is 4.90 Å². The SMILES string of the molecule is O=C(c1cc(-c2ccc(Cl)cc2)n[nH]1)N1CCN(S(=O)(=O)c2ccc(Cl)cc2)CC1. The van der Waals surface area contributed by atoms with Crippen molar-refractivity contribution < 1.29 is 13.2 Å². The Balaban J connectivity index is 1.42. The van der Waals surface area contributed by atoms with Gasteiger partial charge in [-0.1, -0.05) is 35.3 Å². The van der Waals surface area contributed by atoms with Crippen LogP contribution in [-0.2, 0) is 10.0 Å². The van der Waals surface area contributed by atoms with Gasteiger partial charge in [-0.25, -0.2) is 8.42 Å². The van der Waals surface area contributed by atoms with Crippen LogP contribution in [0.15, 0.2) is 59.5 Å². The molecule has 0 atom stereocenters. The number of carbonyl (C=O) groups is 1. The van der Waals surface area contributed by atoms with E-state index >= 15 is 0 Å². The van der Waals surface area contributed by atoms with Crippen molar-refractivity contribution in [1.29, 1.82) is 0 Å². The number of nitrogens with zero attached hydrogens (tertiary/aromatic N) is 3. The van der Waals surface area contributed by atoms with Gasteiger partial charge >= 0.3 is 0 Å². The molecule has 1 saturated heterocycles.